The molecule has 1 aliphatic rings. The third kappa shape index (κ3) is 6.72. The van der Waals surface area contributed by atoms with Crippen LogP contribution in [0.4, 0.5) is 15.2 Å². The number of nitrogens with one attached hydrogen (secondary N) is 2. The fraction of sp³-hybridized carbons (Fsp3) is 0.346. The van der Waals surface area contributed by atoms with Gasteiger partial charge in [-0.25, -0.2) is 9.37 Å². The first-order valence-corrected chi connectivity index (χ1v) is 12.5. The van der Waals surface area contributed by atoms with Crippen molar-refractivity contribution >= 4 is 34.0 Å². The van der Waals surface area contributed by atoms with E-state index < -0.39 is 0 Å². The predicted octanol–water partition coefficient (Wildman–Crippen LogP) is 4.07. The van der Waals surface area contributed by atoms with E-state index in [1.165, 1.54) is 52.3 Å². The van der Waals surface area contributed by atoms with Crippen molar-refractivity contribution in [3.05, 3.63) is 64.3 Å². The predicted molar refractivity (Wildman–Crippen MR) is 138 cm³/mol. The van der Waals surface area contributed by atoms with E-state index in [0.29, 0.717) is 37.0 Å². The number of thiazole rings is 1. The van der Waals surface area contributed by atoms with Crippen molar-refractivity contribution in [1.29, 1.82) is 0 Å². The zero-order valence-electron chi connectivity index (χ0n) is 20.2. The molecule has 1 saturated heterocycles. The second kappa shape index (κ2) is 11.1. The summed E-state index contributed by atoms with van der Waals surface area (Å²) in [4.78, 5) is 33.6. The Balaban J connectivity index is 1.22. The highest BCUT2D eigenvalue weighted by atomic mass is 32.1. The number of amides is 2. The zero-order chi connectivity index (χ0) is 24.9. The van der Waals surface area contributed by atoms with Gasteiger partial charge in [0.05, 0.1) is 18.8 Å². The van der Waals surface area contributed by atoms with Crippen molar-refractivity contribution in [1.82, 2.24) is 14.8 Å². The number of aryl methyl sites for hydroxylation is 3. The van der Waals surface area contributed by atoms with E-state index in [2.05, 4.69) is 53.4 Å². The molecule has 1 aromatic heterocycles. The van der Waals surface area contributed by atoms with Crippen molar-refractivity contribution in [3.63, 3.8) is 0 Å². The van der Waals surface area contributed by atoms with Crippen molar-refractivity contribution in [2.24, 2.45) is 0 Å². The van der Waals surface area contributed by atoms with Crippen LogP contribution in [0.3, 0.4) is 0 Å². The van der Waals surface area contributed by atoms with Gasteiger partial charge in [-0.1, -0.05) is 6.07 Å². The smallest absolute Gasteiger partial charge is 0.240 e. The number of anilines is 2. The molecule has 184 valence electrons. The third-order valence-corrected chi connectivity index (χ3v) is 6.95. The van der Waals surface area contributed by atoms with Crippen LogP contribution in [-0.4, -0.2) is 65.9 Å². The van der Waals surface area contributed by atoms with E-state index in [4.69, 9.17) is 0 Å². The summed E-state index contributed by atoms with van der Waals surface area (Å²) < 4.78 is 13.0. The number of hydrogen-bond donors (Lipinski definition) is 2. The molecule has 7 nitrogen and oxygen atoms in total. The molecule has 0 bridgehead atoms. The van der Waals surface area contributed by atoms with E-state index in [-0.39, 0.29) is 30.7 Å². The first kappa shape index (κ1) is 25.0. The van der Waals surface area contributed by atoms with E-state index in [9.17, 15) is 14.0 Å². The summed E-state index contributed by atoms with van der Waals surface area (Å²) in [5.41, 5.74) is 6.17. The molecule has 0 radical (unpaired) electrons. The Bertz CT molecular complexity index is 1200. The van der Waals surface area contributed by atoms with Crippen molar-refractivity contribution in [2.75, 3.05) is 49.9 Å². The number of aromatic nitrogens is 1. The van der Waals surface area contributed by atoms with Gasteiger partial charge in [0.25, 0.3) is 0 Å². The Morgan fingerprint density at radius 1 is 0.886 bits per heavy atom. The molecule has 0 atom stereocenters. The number of halogens is 1. The average Bonchev–Trinajstić information content (AvgIpc) is 3.27. The van der Waals surface area contributed by atoms with Crippen LogP contribution in [0, 0.1) is 26.6 Å². The van der Waals surface area contributed by atoms with Gasteiger partial charge in [-0.2, -0.15) is 0 Å². The van der Waals surface area contributed by atoms with E-state index >= 15 is 0 Å². The van der Waals surface area contributed by atoms with Crippen LogP contribution in [-0.2, 0) is 9.59 Å². The highest BCUT2D eigenvalue weighted by Gasteiger charge is 2.21. The summed E-state index contributed by atoms with van der Waals surface area (Å²) in [5.74, 6) is -0.568. The molecule has 0 saturated carbocycles. The van der Waals surface area contributed by atoms with E-state index in [1.54, 1.807) is 0 Å². The molecule has 2 heterocycles. The minimum atomic E-state index is -0.338. The standard InChI is InChI=1S/C26H30FN5O2S/c1-17-12-19(3)22(13-18(17)2)23-16-35-26(29-23)30-25(34)15-32-10-8-31(9-11-32)14-24(33)28-21-6-4-20(27)5-7-21/h4-7,12-13,16H,8-11,14-15H2,1-3H3,(H,28,33)(H,29,30,34). The number of benzene rings is 2. The Kier molecular flexibility index (Phi) is 7.90. The van der Waals surface area contributed by atoms with Gasteiger partial charge >= 0.3 is 0 Å². The van der Waals surface area contributed by atoms with Crippen molar-refractivity contribution < 1.29 is 14.0 Å². The van der Waals surface area contributed by atoms with Crippen LogP contribution < -0.4 is 10.6 Å². The lowest BCUT2D eigenvalue weighted by Crippen LogP contribution is -2.50. The fourth-order valence-corrected chi connectivity index (χ4v) is 4.82. The normalized spacial score (nSPS) is 14.6. The Morgan fingerprint density at radius 3 is 2.09 bits per heavy atom. The molecular weight excluding hydrogens is 465 g/mol. The maximum absolute atomic E-state index is 13.0. The lowest BCUT2D eigenvalue weighted by atomic mass is 9.99. The molecule has 1 fully saturated rings. The first-order valence-electron chi connectivity index (χ1n) is 11.6. The minimum Gasteiger partial charge on any atom is -0.325 e. The van der Waals surface area contributed by atoms with Gasteiger partial charge in [0.1, 0.15) is 5.82 Å². The van der Waals surface area contributed by atoms with Crippen LogP contribution >= 0.6 is 11.3 Å². The van der Waals surface area contributed by atoms with Crippen LogP contribution in [0.2, 0.25) is 0 Å². The lowest BCUT2D eigenvalue weighted by molar-refractivity contribution is -0.120. The molecule has 2 N–H and O–H groups in total. The number of hydrogen-bond acceptors (Lipinski definition) is 6. The van der Waals surface area contributed by atoms with Gasteiger partial charge in [-0.3, -0.25) is 19.4 Å². The molecule has 0 unspecified atom stereocenters. The second-order valence-corrected chi connectivity index (χ2v) is 9.80. The molecular formula is C26H30FN5O2S. The van der Waals surface area contributed by atoms with E-state index in [1.807, 2.05) is 10.3 Å². The lowest BCUT2D eigenvalue weighted by Gasteiger charge is -2.33. The molecule has 4 rings (SSSR count). The largest absolute Gasteiger partial charge is 0.325 e. The third-order valence-electron chi connectivity index (χ3n) is 6.19. The summed E-state index contributed by atoms with van der Waals surface area (Å²) in [6.07, 6.45) is 0. The summed E-state index contributed by atoms with van der Waals surface area (Å²) in [6.45, 7) is 9.59. The number of rotatable bonds is 7. The zero-order valence-corrected chi connectivity index (χ0v) is 21.0. The first-order chi connectivity index (χ1) is 16.8. The molecule has 2 amide bonds. The number of carbonyl (C=O) groups excluding carboxylic acids is 2. The van der Waals surface area contributed by atoms with Gasteiger partial charge in [0.15, 0.2) is 5.13 Å². The minimum absolute atomic E-state index is 0.0924. The molecule has 35 heavy (non-hydrogen) atoms. The van der Waals surface area contributed by atoms with Gasteiger partial charge < -0.3 is 10.6 Å². The summed E-state index contributed by atoms with van der Waals surface area (Å²) in [7, 11) is 0. The van der Waals surface area contributed by atoms with Crippen LogP contribution in [0.25, 0.3) is 11.3 Å². The molecule has 0 spiro atoms. The quantitative estimate of drug-likeness (QED) is 0.517. The molecule has 9 heteroatoms. The van der Waals surface area contributed by atoms with Gasteiger partial charge in [0.2, 0.25) is 11.8 Å². The molecule has 3 aromatic rings. The highest BCUT2D eigenvalue weighted by Crippen LogP contribution is 2.29. The Morgan fingerprint density at radius 2 is 1.46 bits per heavy atom. The summed E-state index contributed by atoms with van der Waals surface area (Å²) in [5, 5.41) is 8.27. The topological polar surface area (TPSA) is 77.6 Å². The van der Waals surface area contributed by atoms with Gasteiger partial charge in [-0.05, 0) is 67.8 Å². The summed E-state index contributed by atoms with van der Waals surface area (Å²) >= 11 is 1.43. The monoisotopic (exact) mass is 495 g/mol. The SMILES string of the molecule is Cc1cc(C)c(-c2csc(NC(=O)CN3CCN(CC(=O)Nc4ccc(F)cc4)CC3)n2)cc1C. The van der Waals surface area contributed by atoms with Crippen LogP contribution in [0.15, 0.2) is 41.8 Å². The highest BCUT2D eigenvalue weighted by molar-refractivity contribution is 7.14. The molecule has 2 aromatic carbocycles. The van der Waals surface area contributed by atoms with Gasteiger partial charge in [0, 0.05) is 42.8 Å². The Hall–Kier alpha value is -3.14. The van der Waals surface area contributed by atoms with Gasteiger partial charge in [-0.15, -0.1) is 11.3 Å². The van der Waals surface area contributed by atoms with Crippen LogP contribution in [0.5, 0.6) is 0 Å². The number of nitrogens with zero attached hydrogens (tertiary/aromatic N) is 3. The molecule has 0 aliphatic carbocycles. The number of piperazine rings is 1. The maximum atomic E-state index is 13.0. The van der Waals surface area contributed by atoms with Crippen molar-refractivity contribution in [3.8, 4) is 11.3 Å². The van der Waals surface area contributed by atoms with Crippen molar-refractivity contribution in [2.45, 2.75) is 20.8 Å². The molecule has 1 aliphatic heterocycles. The fourth-order valence-electron chi connectivity index (χ4n) is 4.10. The van der Waals surface area contributed by atoms with E-state index in [0.717, 1.165) is 11.3 Å². The second-order valence-electron chi connectivity index (χ2n) is 8.94. The summed E-state index contributed by atoms with van der Waals surface area (Å²) in [6, 6.07) is 10.0. The Labute approximate surface area is 209 Å². The average molecular weight is 496 g/mol. The maximum Gasteiger partial charge on any atom is 0.240 e. The number of carbonyl (C=O) groups is 2. The van der Waals surface area contributed by atoms with Crippen LogP contribution in [0.1, 0.15) is 16.7 Å².